The molecule has 1 aromatic rings. The van der Waals surface area contributed by atoms with Crippen molar-refractivity contribution in [2.75, 3.05) is 7.11 Å². The molecule has 0 fully saturated rings. The summed E-state index contributed by atoms with van der Waals surface area (Å²) in [4.78, 5) is 16.4. The molecule has 0 unspecified atom stereocenters. The fourth-order valence-corrected chi connectivity index (χ4v) is 2.32. The van der Waals surface area contributed by atoms with Gasteiger partial charge in [0.25, 0.3) is 0 Å². The topological polar surface area (TPSA) is 47.9 Å². The van der Waals surface area contributed by atoms with E-state index in [1.165, 1.54) is 13.5 Å². The third kappa shape index (κ3) is 1.78. The number of nitrogens with zero attached hydrogens (tertiary/aromatic N) is 1. The van der Waals surface area contributed by atoms with Gasteiger partial charge in [-0.1, -0.05) is 44.2 Å². The predicted octanol–water partition coefficient (Wildman–Crippen LogP) is 2.35. The molecule has 0 radical (unpaired) electrons. The van der Waals surface area contributed by atoms with Crippen molar-refractivity contribution in [2.24, 2.45) is 10.9 Å². The van der Waals surface area contributed by atoms with E-state index < -0.39 is 11.6 Å². The summed E-state index contributed by atoms with van der Waals surface area (Å²) in [6.45, 7) is 3.89. The lowest BCUT2D eigenvalue weighted by Crippen LogP contribution is -2.46. The van der Waals surface area contributed by atoms with Crippen molar-refractivity contribution in [3.63, 3.8) is 0 Å². The Morgan fingerprint density at radius 1 is 1.39 bits per heavy atom. The first-order chi connectivity index (χ1) is 8.63. The summed E-state index contributed by atoms with van der Waals surface area (Å²) in [5.41, 5.74) is -0.0649. The van der Waals surface area contributed by atoms with E-state index >= 15 is 0 Å². The minimum Gasteiger partial charge on any atom is -0.472 e. The second-order valence-corrected chi connectivity index (χ2v) is 4.63. The van der Waals surface area contributed by atoms with Crippen molar-refractivity contribution < 1.29 is 14.3 Å². The van der Waals surface area contributed by atoms with E-state index in [1.807, 2.05) is 44.2 Å². The molecule has 2 rings (SSSR count). The Balaban J connectivity index is 2.45. The van der Waals surface area contributed by atoms with Gasteiger partial charge in [0.05, 0.1) is 7.11 Å². The first kappa shape index (κ1) is 12.6. The molecule has 1 aliphatic rings. The molecule has 18 heavy (non-hydrogen) atoms. The van der Waals surface area contributed by atoms with Crippen LogP contribution in [0.2, 0.25) is 0 Å². The van der Waals surface area contributed by atoms with Crippen LogP contribution in [-0.2, 0) is 14.3 Å². The molecule has 1 aliphatic heterocycles. The zero-order valence-corrected chi connectivity index (χ0v) is 10.8. The van der Waals surface area contributed by atoms with Crippen LogP contribution < -0.4 is 0 Å². The number of carbonyl (C=O) groups excluding carboxylic acids is 1. The number of ether oxygens (including phenoxy) is 2. The quantitative estimate of drug-likeness (QED) is 0.770. The van der Waals surface area contributed by atoms with E-state index in [0.29, 0.717) is 0 Å². The molecule has 1 aromatic carbocycles. The zero-order valence-electron chi connectivity index (χ0n) is 10.8. The van der Waals surface area contributed by atoms with Gasteiger partial charge in [0.15, 0.2) is 12.5 Å². The summed E-state index contributed by atoms with van der Waals surface area (Å²) in [5.74, 6) is -0.381. The maximum Gasteiger partial charge on any atom is 0.338 e. The highest BCUT2D eigenvalue weighted by atomic mass is 16.5. The lowest BCUT2D eigenvalue weighted by molar-refractivity contribution is -0.152. The van der Waals surface area contributed by atoms with Gasteiger partial charge in [-0.15, -0.1) is 0 Å². The lowest BCUT2D eigenvalue weighted by atomic mass is 9.79. The third-order valence-electron chi connectivity index (χ3n) is 3.36. The van der Waals surface area contributed by atoms with Crippen LogP contribution in [0.1, 0.15) is 25.5 Å². The van der Waals surface area contributed by atoms with Crippen LogP contribution in [0, 0.1) is 5.92 Å². The van der Waals surface area contributed by atoms with Crippen molar-refractivity contribution in [2.45, 2.75) is 25.5 Å². The minimum atomic E-state index is -0.990. The number of benzene rings is 1. The predicted molar refractivity (Wildman–Crippen MR) is 68.3 cm³/mol. The number of hydrogen-bond donors (Lipinski definition) is 0. The van der Waals surface area contributed by atoms with Crippen molar-refractivity contribution in [1.29, 1.82) is 0 Å². The molecule has 0 bridgehead atoms. The van der Waals surface area contributed by atoms with Crippen molar-refractivity contribution in [3.05, 3.63) is 35.9 Å². The standard InChI is InChI=1S/C14H17NO3/c1-10(2)14(13(16)17-3)12(18-9-15-14)11-7-5-4-6-8-11/h4-10,12H,1-3H3/t12-,14-/m1/s1. The Bertz CT molecular complexity index is 455. The van der Waals surface area contributed by atoms with Gasteiger partial charge in [0, 0.05) is 0 Å². The second-order valence-electron chi connectivity index (χ2n) is 4.63. The van der Waals surface area contributed by atoms with Crippen LogP contribution in [0.3, 0.4) is 0 Å². The highest BCUT2D eigenvalue weighted by molar-refractivity contribution is 5.85. The van der Waals surface area contributed by atoms with Crippen LogP contribution in [0.25, 0.3) is 0 Å². The number of carbonyl (C=O) groups is 1. The Morgan fingerprint density at radius 2 is 2.06 bits per heavy atom. The van der Waals surface area contributed by atoms with Crippen molar-refractivity contribution >= 4 is 12.4 Å². The molecule has 0 N–H and O–H groups in total. The normalized spacial score (nSPS) is 26.1. The van der Waals surface area contributed by atoms with Crippen LogP contribution in [0.5, 0.6) is 0 Å². The fraction of sp³-hybridized carbons (Fsp3) is 0.429. The van der Waals surface area contributed by atoms with Gasteiger partial charge in [-0.05, 0) is 11.5 Å². The first-order valence-electron chi connectivity index (χ1n) is 5.95. The van der Waals surface area contributed by atoms with Gasteiger partial charge in [0.1, 0.15) is 0 Å². The SMILES string of the molecule is COC(=O)[C@]1(C(C)C)N=CO[C@@H]1c1ccccc1. The molecular formula is C14H17NO3. The minimum absolute atomic E-state index is 0.0195. The van der Waals surface area contributed by atoms with E-state index in [9.17, 15) is 4.79 Å². The second kappa shape index (κ2) is 4.80. The number of hydrogen-bond acceptors (Lipinski definition) is 4. The average molecular weight is 247 g/mol. The molecule has 4 nitrogen and oxygen atoms in total. The van der Waals surface area contributed by atoms with E-state index in [-0.39, 0.29) is 11.9 Å². The number of esters is 1. The van der Waals surface area contributed by atoms with E-state index in [4.69, 9.17) is 9.47 Å². The van der Waals surface area contributed by atoms with Crippen molar-refractivity contribution in [1.82, 2.24) is 0 Å². The molecular weight excluding hydrogens is 230 g/mol. The Morgan fingerprint density at radius 3 is 2.61 bits per heavy atom. The summed E-state index contributed by atoms with van der Waals surface area (Å²) >= 11 is 0. The fourth-order valence-electron chi connectivity index (χ4n) is 2.32. The van der Waals surface area contributed by atoms with Crippen molar-refractivity contribution in [3.8, 4) is 0 Å². The summed E-state index contributed by atoms with van der Waals surface area (Å²) < 4.78 is 10.5. The molecule has 96 valence electrons. The molecule has 0 aliphatic carbocycles. The maximum absolute atomic E-state index is 12.1. The molecule has 0 aromatic heterocycles. The molecule has 4 heteroatoms. The average Bonchev–Trinajstić information content (AvgIpc) is 2.84. The molecule has 2 atom stereocenters. The summed E-state index contributed by atoms with van der Waals surface area (Å²) in [5, 5.41) is 0. The largest absolute Gasteiger partial charge is 0.472 e. The molecule has 0 saturated carbocycles. The summed E-state index contributed by atoms with van der Waals surface area (Å²) in [7, 11) is 1.38. The van der Waals surface area contributed by atoms with Gasteiger partial charge in [-0.2, -0.15) is 0 Å². The molecule has 1 heterocycles. The highest BCUT2D eigenvalue weighted by Crippen LogP contribution is 2.42. The molecule has 0 saturated heterocycles. The number of aliphatic imine (C=N–C) groups is 1. The Kier molecular flexibility index (Phi) is 3.36. The lowest BCUT2D eigenvalue weighted by Gasteiger charge is -2.32. The van der Waals surface area contributed by atoms with Gasteiger partial charge >= 0.3 is 5.97 Å². The van der Waals surface area contributed by atoms with E-state index in [1.54, 1.807) is 0 Å². The first-order valence-corrected chi connectivity index (χ1v) is 5.95. The monoisotopic (exact) mass is 247 g/mol. The van der Waals surface area contributed by atoms with Crippen LogP contribution >= 0.6 is 0 Å². The number of rotatable bonds is 3. The molecule has 0 spiro atoms. The van der Waals surface area contributed by atoms with Crippen LogP contribution in [0.4, 0.5) is 0 Å². The van der Waals surface area contributed by atoms with E-state index in [0.717, 1.165) is 5.56 Å². The molecule has 0 amide bonds. The van der Waals surface area contributed by atoms with E-state index in [2.05, 4.69) is 4.99 Å². The summed E-state index contributed by atoms with van der Waals surface area (Å²) in [6.07, 6.45) is 0.931. The Hall–Kier alpha value is -1.84. The van der Waals surface area contributed by atoms with Crippen LogP contribution in [0.15, 0.2) is 35.3 Å². The zero-order chi connectivity index (χ0) is 13.2. The Labute approximate surface area is 107 Å². The number of methoxy groups -OCH3 is 1. The van der Waals surface area contributed by atoms with Gasteiger partial charge in [-0.25, -0.2) is 9.79 Å². The van der Waals surface area contributed by atoms with Gasteiger partial charge < -0.3 is 9.47 Å². The third-order valence-corrected chi connectivity index (χ3v) is 3.36. The van der Waals surface area contributed by atoms with Gasteiger partial charge in [-0.3, -0.25) is 0 Å². The maximum atomic E-state index is 12.1. The van der Waals surface area contributed by atoms with Gasteiger partial charge in [0.2, 0.25) is 5.54 Å². The van der Waals surface area contributed by atoms with Crippen LogP contribution in [-0.4, -0.2) is 25.0 Å². The smallest absolute Gasteiger partial charge is 0.338 e. The summed E-state index contributed by atoms with van der Waals surface area (Å²) in [6, 6.07) is 9.62. The highest BCUT2D eigenvalue weighted by Gasteiger charge is 2.54.